The minimum absolute atomic E-state index is 0.0520. The van der Waals surface area contributed by atoms with Crippen molar-refractivity contribution in [3.63, 3.8) is 0 Å². The van der Waals surface area contributed by atoms with Gasteiger partial charge >= 0.3 is 0 Å². The third-order valence-corrected chi connectivity index (χ3v) is 6.72. The SMILES string of the molecule is CC[C@H](C(=O)NC1CCCCC1)n1c(SCc2ccc(F)cc2)nc2ccncc21. The van der Waals surface area contributed by atoms with Crippen molar-refractivity contribution in [1.82, 2.24) is 19.9 Å². The summed E-state index contributed by atoms with van der Waals surface area (Å²) in [5.41, 5.74) is 2.71. The first-order valence-corrected chi connectivity index (χ1v) is 11.6. The molecule has 2 aromatic heterocycles. The van der Waals surface area contributed by atoms with Gasteiger partial charge in [-0.25, -0.2) is 9.37 Å². The standard InChI is InChI=1S/C23H27FN4OS/c1-2-20(22(29)26-18-6-4-3-5-7-18)28-21-14-25-13-12-19(21)27-23(28)30-15-16-8-10-17(24)11-9-16/h8-14,18,20H,2-7,15H2,1H3,(H,26,29)/t20-/m1/s1. The van der Waals surface area contributed by atoms with Crippen LogP contribution in [0.2, 0.25) is 0 Å². The van der Waals surface area contributed by atoms with E-state index in [1.54, 1.807) is 36.3 Å². The fraction of sp³-hybridized carbons (Fsp3) is 0.435. The predicted octanol–water partition coefficient (Wildman–Crippen LogP) is 5.26. The van der Waals surface area contributed by atoms with E-state index >= 15 is 0 Å². The molecule has 0 aliphatic heterocycles. The number of imidazole rings is 1. The quantitative estimate of drug-likeness (QED) is 0.523. The molecule has 1 atom stereocenters. The Hall–Kier alpha value is -2.41. The summed E-state index contributed by atoms with van der Waals surface area (Å²) >= 11 is 1.56. The Balaban J connectivity index is 1.60. The summed E-state index contributed by atoms with van der Waals surface area (Å²) in [7, 11) is 0. The lowest BCUT2D eigenvalue weighted by Gasteiger charge is -2.26. The molecule has 3 aromatic rings. The number of amides is 1. The maximum absolute atomic E-state index is 13.2. The number of halogens is 1. The van der Waals surface area contributed by atoms with Crippen LogP contribution in [0.15, 0.2) is 47.9 Å². The fourth-order valence-electron chi connectivity index (χ4n) is 4.08. The van der Waals surface area contributed by atoms with Crippen molar-refractivity contribution in [2.75, 3.05) is 0 Å². The molecule has 0 bridgehead atoms. The molecule has 0 radical (unpaired) electrons. The zero-order chi connectivity index (χ0) is 20.9. The molecule has 0 saturated heterocycles. The van der Waals surface area contributed by atoms with Crippen molar-refractivity contribution in [2.24, 2.45) is 0 Å². The van der Waals surface area contributed by atoms with Crippen molar-refractivity contribution < 1.29 is 9.18 Å². The van der Waals surface area contributed by atoms with Gasteiger partial charge in [-0.05, 0) is 43.0 Å². The maximum atomic E-state index is 13.2. The predicted molar refractivity (Wildman–Crippen MR) is 118 cm³/mol. The Morgan fingerprint density at radius 1 is 1.23 bits per heavy atom. The van der Waals surface area contributed by atoms with Gasteiger partial charge in [0, 0.05) is 18.0 Å². The van der Waals surface area contributed by atoms with Crippen LogP contribution >= 0.6 is 11.8 Å². The van der Waals surface area contributed by atoms with E-state index in [0.29, 0.717) is 12.2 Å². The molecule has 30 heavy (non-hydrogen) atoms. The molecular formula is C23H27FN4OS. The Bertz CT molecular complexity index is 998. The maximum Gasteiger partial charge on any atom is 0.243 e. The van der Waals surface area contributed by atoms with Crippen LogP contribution in [0.5, 0.6) is 0 Å². The number of nitrogens with zero attached hydrogens (tertiary/aromatic N) is 3. The van der Waals surface area contributed by atoms with E-state index in [0.717, 1.165) is 34.6 Å². The molecule has 1 aromatic carbocycles. The van der Waals surface area contributed by atoms with Crippen molar-refractivity contribution in [1.29, 1.82) is 0 Å². The highest BCUT2D eigenvalue weighted by atomic mass is 32.2. The second-order valence-corrected chi connectivity index (χ2v) is 8.75. The second-order valence-electron chi connectivity index (χ2n) is 7.81. The topological polar surface area (TPSA) is 59.8 Å². The number of thioether (sulfide) groups is 1. The van der Waals surface area contributed by atoms with Crippen LogP contribution in [0.4, 0.5) is 4.39 Å². The van der Waals surface area contributed by atoms with Crippen molar-refractivity contribution >= 4 is 28.7 Å². The van der Waals surface area contributed by atoms with E-state index < -0.39 is 0 Å². The van der Waals surface area contributed by atoms with Crippen LogP contribution < -0.4 is 5.32 Å². The van der Waals surface area contributed by atoms with E-state index in [1.165, 1.54) is 31.4 Å². The first kappa shape index (κ1) is 20.8. The Morgan fingerprint density at radius 3 is 2.73 bits per heavy atom. The summed E-state index contributed by atoms with van der Waals surface area (Å²) in [6.45, 7) is 2.03. The summed E-state index contributed by atoms with van der Waals surface area (Å²) in [6.07, 6.45) is 9.89. The molecule has 7 heteroatoms. The molecule has 0 spiro atoms. The third kappa shape index (κ3) is 4.67. The number of benzene rings is 1. The first-order valence-electron chi connectivity index (χ1n) is 10.6. The van der Waals surface area contributed by atoms with Gasteiger partial charge in [-0.15, -0.1) is 0 Å². The van der Waals surface area contributed by atoms with Crippen molar-refractivity contribution in [3.8, 4) is 0 Å². The zero-order valence-corrected chi connectivity index (χ0v) is 18.0. The van der Waals surface area contributed by atoms with Crippen molar-refractivity contribution in [2.45, 2.75) is 68.4 Å². The summed E-state index contributed by atoms with van der Waals surface area (Å²) < 4.78 is 15.2. The largest absolute Gasteiger partial charge is 0.352 e. The summed E-state index contributed by atoms with van der Waals surface area (Å²) in [6, 6.07) is 8.30. The molecule has 1 aliphatic rings. The van der Waals surface area contributed by atoms with Crippen molar-refractivity contribution in [3.05, 3.63) is 54.1 Å². The highest BCUT2D eigenvalue weighted by molar-refractivity contribution is 7.98. The van der Waals surface area contributed by atoms with Gasteiger partial charge in [-0.1, -0.05) is 50.1 Å². The molecule has 158 valence electrons. The van der Waals surface area contributed by atoms with E-state index in [-0.39, 0.29) is 23.8 Å². The lowest BCUT2D eigenvalue weighted by Crippen LogP contribution is -2.40. The average Bonchev–Trinajstić information content (AvgIpc) is 3.13. The summed E-state index contributed by atoms with van der Waals surface area (Å²) in [5.74, 6) is 0.459. The average molecular weight is 427 g/mol. The van der Waals surface area contributed by atoms with Crippen LogP contribution in [0.1, 0.15) is 57.1 Å². The number of hydrogen-bond donors (Lipinski definition) is 1. The van der Waals surface area contributed by atoms with E-state index in [9.17, 15) is 9.18 Å². The second kappa shape index (κ2) is 9.60. The number of aromatic nitrogens is 3. The summed E-state index contributed by atoms with van der Waals surface area (Å²) in [4.78, 5) is 22.3. The van der Waals surface area contributed by atoms with Gasteiger partial charge in [-0.2, -0.15) is 0 Å². The minimum Gasteiger partial charge on any atom is -0.352 e. The van der Waals surface area contributed by atoms with Gasteiger partial charge in [0.15, 0.2) is 5.16 Å². The Labute approximate surface area is 180 Å². The molecule has 5 nitrogen and oxygen atoms in total. The Kier molecular flexibility index (Phi) is 6.67. The third-order valence-electron chi connectivity index (χ3n) is 5.69. The lowest BCUT2D eigenvalue weighted by atomic mass is 9.95. The van der Waals surface area contributed by atoms with Crippen LogP contribution in [0.3, 0.4) is 0 Å². The van der Waals surface area contributed by atoms with Crippen LogP contribution in [-0.2, 0) is 10.5 Å². The molecule has 1 saturated carbocycles. The normalized spacial score (nSPS) is 15.9. The number of fused-ring (bicyclic) bond motifs is 1. The monoisotopic (exact) mass is 426 g/mol. The van der Waals surface area contributed by atoms with Crippen LogP contribution in [0, 0.1) is 5.82 Å². The van der Waals surface area contributed by atoms with Crippen LogP contribution in [-0.4, -0.2) is 26.5 Å². The number of carbonyl (C=O) groups is 1. The molecule has 1 amide bonds. The van der Waals surface area contributed by atoms with Gasteiger partial charge < -0.3 is 9.88 Å². The smallest absolute Gasteiger partial charge is 0.243 e. The highest BCUT2D eigenvalue weighted by Gasteiger charge is 2.27. The molecule has 1 N–H and O–H groups in total. The molecular weight excluding hydrogens is 399 g/mol. The lowest BCUT2D eigenvalue weighted by molar-refractivity contribution is -0.125. The molecule has 4 rings (SSSR count). The highest BCUT2D eigenvalue weighted by Crippen LogP contribution is 2.31. The number of rotatable bonds is 7. The number of hydrogen-bond acceptors (Lipinski definition) is 4. The molecule has 2 heterocycles. The Morgan fingerprint density at radius 2 is 2.00 bits per heavy atom. The number of pyridine rings is 1. The van der Waals surface area contributed by atoms with E-state index in [4.69, 9.17) is 4.98 Å². The minimum atomic E-state index is -0.336. The van der Waals surface area contributed by atoms with Gasteiger partial charge in [-0.3, -0.25) is 9.78 Å². The number of carbonyl (C=O) groups excluding carboxylic acids is 1. The van der Waals surface area contributed by atoms with Gasteiger partial charge in [0.2, 0.25) is 5.91 Å². The van der Waals surface area contributed by atoms with E-state index in [2.05, 4.69) is 10.3 Å². The molecule has 0 unspecified atom stereocenters. The molecule has 1 fully saturated rings. The van der Waals surface area contributed by atoms with Gasteiger partial charge in [0.1, 0.15) is 11.9 Å². The summed E-state index contributed by atoms with van der Waals surface area (Å²) in [5, 5.41) is 4.06. The first-order chi connectivity index (χ1) is 14.7. The van der Waals surface area contributed by atoms with Gasteiger partial charge in [0.25, 0.3) is 0 Å². The fourth-order valence-corrected chi connectivity index (χ4v) is 5.10. The number of nitrogens with one attached hydrogen (secondary N) is 1. The molecule has 1 aliphatic carbocycles. The van der Waals surface area contributed by atoms with Crippen LogP contribution in [0.25, 0.3) is 11.0 Å². The zero-order valence-electron chi connectivity index (χ0n) is 17.2. The van der Waals surface area contributed by atoms with Gasteiger partial charge in [0.05, 0.1) is 17.2 Å². The van der Waals surface area contributed by atoms with E-state index in [1.807, 2.05) is 17.6 Å².